The average molecular weight is 476 g/mol. The van der Waals surface area contributed by atoms with E-state index in [1.807, 2.05) is 30.3 Å². The number of hydrogen-bond acceptors (Lipinski definition) is 8. The van der Waals surface area contributed by atoms with Crippen LogP contribution in [-0.4, -0.2) is 41.8 Å². The Bertz CT molecular complexity index is 1330. The van der Waals surface area contributed by atoms with Crippen molar-refractivity contribution in [2.45, 2.75) is 19.9 Å². The molecule has 0 fully saturated rings. The van der Waals surface area contributed by atoms with Crippen LogP contribution in [0.4, 0.5) is 5.95 Å². The van der Waals surface area contributed by atoms with Crippen molar-refractivity contribution >= 4 is 23.6 Å². The molecule has 180 valence electrons. The number of methoxy groups -OCH3 is 1. The van der Waals surface area contributed by atoms with Gasteiger partial charge < -0.3 is 19.5 Å². The van der Waals surface area contributed by atoms with E-state index in [0.717, 1.165) is 0 Å². The Hall–Kier alpha value is -4.40. The van der Waals surface area contributed by atoms with Crippen molar-refractivity contribution in [3.63, 3.8) is 0 Å². The van der Waals surface area contributed by atoms with Gasteiger partial charge in [0.15, 0.2) is 0 Å². The molecule has 0 spiro atoms. The summed E-state index contributed by atoms with van der Waals surface area (Å²) in [6, 6.07) is 15.3. The normalized spacial score (nSPS) is 14.5. The number of aromatic nitrogens is 2. The molecular weight excluding hydrogens is 450 g/mol. The lowest BCUT2D eigenvalue weighted by Crippen LogP contribution is -2.39. The first kappa shape index (κ1) is 23.7. The number of rotatable bonds is 7. The van der Waals surface area contributed by atoms with Gasteiger partial charge in [-0.25, -0.2) is 14.6 Å². The fraction of sp³-hybridized carbons (Fsp3) is 0.231. The zero-order valence-corrected chi connectivity index (χ0v) is 19.6. The lowest BCUT2D eigenvalue weighted by molar-refractivity contribution is -0.138. The van der Waals surface area contributed by atoms with Gasteiger partial charge in [0.25, 0.3) is 5.56 Å². The molecule has 1 aliphatic heterocycles. The van der Waals surface area contributed by atoms with Crippen molar-refractivity contribution in [1.82, 2.24) is 9.55 Å². The summed E-state index contributed by atoms with van der Waals surface area (Å²) in [7, 11) is 1.55. The zero-order chi connectivity index (χ0) is 24.9. The Balaban J connectivity index is 2.03. The SMILES string of the molecule is CCOC(=O)C1=C(c2ccccc2)Nc2ncc(C(=O)OCC)c(=O)n2C1c1ccc(OC)cc1. The topological polar surface area (TPSA) is 109 Å². The number of esters is 2. The molecule has 0 saturated carbocycles. The van der Waals surface area contributed by atoms with Crippen molar-refractivity contribution in [2.75, 3.05) is 25.6 Å². The highest BCUT2D eigenvalue weighted by Crippen LogP contribution is 2.38. The summed E-state index contributed by atoms with van der Waals surface area (Å²) >= 11 is 0. The molecule has 4 rings (SSSR count). The molecule has 0 bridgehead atoms. The van der Waals surface area contributed by atoms with Crippen molar-refractivity contribution in [3.05, 3.63) is 93.4 Å². The van der Waals surface area contributed by atoms with Gasteiger partial charge in [0.1, 0.15) is 11.3 Å². The summed E-state index contributed by atoms with van der Waals surface area (Å²) in [5.41, 5.74) is 1.11. The van der Waals surface area contributed by atoms with E-state index in [2.05, 4.69) is 10.3 Å². The van der Waals surface area contributed by atoms with E-state index in [4.69, 9.17) is 14.2 Å². The largest absolute Gasteiger partial charge is 0.497 e. The molecular formula is C26H25N3O6. The van der Waals surface area contributed by atoms with E-state index in [0.29, 0.717) is 22.6 Å². The maximum Gasteiger partial charge on any atom is 0.345 e. The predicted octanol–water partition coefficient (Wildman–Crippen LogP) is 3.42. The van der Waals surface area contributed by atoms with Crippen LogP contribution in [0.5, 0.6) is 5.75 Å². The van der Waals surface area contributed by atoms with Crippen molar-refractivity contribution in [3.8, 4) is 5.75 Å². The van der Waals surface area contributed by atoms with E-state index >= 15 is 0 Å². The lowest BCUT2D eigenvalue weighted by atomic mass is 9.92. The Morgan fingerprint density at radius 3 is 2.26 bits per heavy atom. The van der Waals surface area contributed by atoms with Crippen LogP contribution >= 0.6 is 0 Å². The molecule has 1 unspecified atom stereocenters. The van der Waals surface area contributed by atoms with E-state index in [-0.39, 0.29) is 30.3 Å². The Kier molecular flexibility index (Phi) is 6.96. The molecule has 9 nitrogen and oxygen atoms in total. The highest BCUT2D eigenvalue weighted by molar-refractivity contribution is 6.02. The Morgan fingerprint density at radius 1 is 0.971 bits per heavy atom. The van der Waals surface area contributed by atoms with Crippen LogP contribution < -0.4 is 15.6 Å². The first-order valence-corrected chi connectivity index (χ1v) is 11.2. The molecule has 0 radical (unpaired) electrons. The average Bonchev–Trinajstić information content (AvgIpc) is 2.88. The van der Waals surface area contributed by atoms with Gasteiger partial charge in [-0.3, -0.25) is 9.36 Å². The van der Waals surface area contributed by atoms with Gasteiger partial charge in [0.2, 0.25) is 5.95 Å². The highest BCUT2D eigenvalue weighted by Gasteiger charge is 2.37. The smallest absolute Gasteiger partial charge is 0.345 e. The monoisotopic (exact) mass is 475 g/mol. The number of nitrogens with zero attached hydrogens (tertiary/aromatic N) is 2. The molecule has 9 heteroatoms. The maximum atomic E-state index is 13.6. The van der Waals surface area contributed by atoms with Crippen molar-refractivity contribution in [2.24, 2.45) is 0 Å². The minimum atomic E-state index is -0.930. The third-order valence-corrected chi connectivity index (χ3v) is 5.52. The number of benzene rings is 2. The van der Waals surface area contributed by atoms with Gasteiger partial charge in [-0.1, -0.05) is 42.5 Å². The summed E-state index contributed by atoms with van der Waals surface area (Å²) < 4.78 is 17.0. The molecule has 35 heavy (non-hydrogen) atoms. The summed E-state index contributed by atoms with van der Waals surface area (Å²) in [6.45, 7) is 3.60. The van der Waals surface area contributed by atoms with Gasteiger partial charge in [0, 0.05) is 0 Å². The molecule has 1 aliphatic rings. The van der Waals surface area contributed by atoms with Crippen LogP contribution in [0.25, 0.3) is 5.70 Å². The predicted molar refractivity (Wildman–Crippen MR) is 129 cm³/mol. The first-order chi connectivity index (χ1) is 17.0. The standard InChI is InChI=1S/C26H25N3O6/c1-4-34-24(31)19-15-27-26-28-21(16-9-7-6-8-10-16)20(25(32)35-5-2)22(29(26)23(19)30)17-11-13-18(33-3)14-12-17/h6-15,22H,4-5H2,1-3H3,(H,27,28). The van der Waals surface area contributed by atoms with Gasteiger partial charge in [0.05, 0.1) is 43.8 Å². The second kappa shape index (κ2) is 10.3. The van der Waals surface area contributed by atoms with Crippen LogP contribution in [0.1, 0.15) is 41.4 Å². The first-order valence-electron chi connectivity index (χ1n) is 11.2. The third kappa shape index (κ3) is 4.52. The van der Waals surface area contributed by atoms with E-state index < -0.39 is 23.5 Å². The molecule has 0 aliphatic carbocycles. The zero-order valence-electron chi connectivity index (χ0n) is 19.6. The Morgan fingerprint density at radius 2 is 1.63 bits per heavy atom. The van der Waals surface area contributed by atoms with Crippen LogP contribution in [0.15, 0.2) is 71.2 Å². The number of fused-ring (bicyclic) bond motifs is 1. The fourth-order valence-corrected chi connectivity index (χ4v) is 3.95. The molecule has 1 N–H and O–H groups in total. The molecule has 0 amide bonds. The number of carbonyl (C=O) groups is 2. The van der Waals surface area contributed by atoms with Crippen molar-refractivity contribution in [1.29, 1.82) is 0 Å². The molecule has 2 heterocycles. The van der Waals surface area contributed by atoms with Gasteiger partial charge in [-0.05, 0) is 37.1 Å². The summed E-state index contributed by atoms with van der Waals surface area (Å²) in [5, 5.41) is 3.12. The maximum absolute atomic E-state index is 13.6. The van der Waals surface area contributed by atoms with Crippen LogP contribution in [0, 0.1) is 0 Å². The summed E-state index contributed by atoms with van der Waals surface area (Å²) in [4.78, 5) is 43.8. The highest BCUT2D eigenvalue weighted by atomic mass is 16.5. The minimum Gasteiger partial charge on any atom is -0.497 e. The lowest BCUT2D eigenvalue weighted by Gasteiger charge is -2.32. The molecule has 1 aromatic heterocycles. The van der Waals surface area contributed by atoms with E-state index in [9.17, 15) is 14.4 Å². The number of nitrogens with one attached hydrogen (secondary N) is 1. The van der Waals surface area contributed by atoms with Crippen LogP contribution in [0.2, 0.25) is 0 Å². The molecule has 0 saturated heterocycles. The van der Waals surface area contributed by atoms with Crippen LogP contribution in [0.3, 0.4) is 0 Å². The molecule has 2 aromatic carbocycles. The Labute approximate surface area is 202 Å². The van der Waals surface area contributed by atoms with Gasteiger partial charge in [-0.2, -0.15) is 0 Å². The van der Waals surface area contributed by atoms with E-state index in [1.54, 1.807) is 45.2 Å². The van der Waals surface area contributed by atoms with Crippen LogP contribution in [-0.2, 0) is 14.3 Å². The van der Waals surface area contributed by atoms with E-state index in [1.165, 1.54) is 10.8 Å². The second-order valence-electron chi connectivity index (χ2n) is 7.57. The second-order valence-corrected chi connectivity index (χ2v) is 7.57. The minimum absolute atomic E-state index is 0.103. The quantitative estimate of drug-likeness (QED) is 0.518. The molecule has 3 aromatic rings. The fourth-order valence-electron chi connectivity index (χ4n) is 3.95. The summed E-state index contributed by atoms with van der Waals surface area (Å²) in [5.74, 6) is -0.600. The number of anilines is 1. The molecule has 1 atom stereocenters. The van der Waals surface area contributed by atoms with Gasteiger partial charge in [-0.15, -0.1) is 0 Å². The number of ether oxygens (including phenoxy) is 3. The number of hydrogen-bond donors (Lipinski definition) is 1. The number of carbonyl (C=O) groups excluding carboxylic acids is 2. The third-order valence-electron chi connectivity index (χ3n) is 5.52. The van der Waals surface area contributed by atoms with Gasteiger partial charge >= 0.3 is 11.9 Å². The van der Waals surface area contributed by atoms with Crippen molar-refractivity contribution < 1.29 is 23.8 Å². The summed E-state index contributed by atoms with van der Waals surface area (Å²) in [6.07, 6.45) is 1.18.